The minimum Gasteiger partial charge on any atom is -0.493 e. The van der Waals surface area contributed by atoms with E-state index in [9.17, 15) is 4.39 Å². The maximum atomic E-state index is 12.9. The molecule has 0 amide bonds. The fourth-order valence-corrected chi connectivity index (χ4v) is 2.36. The van der Waals surface area contributed by atoms with Gasteiger partial charge in [0.15, 0.2) is 11.5 Å². The van der Waals surface area contributed by atoms with E-state index < -0.39 is 0 Å². The van der Waals surface area contributed by atoms with Gasteiger partial charge < -0.3 is 20.1 Å². The summed E-state index contributed by atoms with van der Waals surface area (Å²) in [4.78, 5) is 8.61. The van der Waals surface area contributed by atoms with E-state index in [0.29, 0.717) is 29.8 Å². The van der Waals surface area contributed by atoms with E-state index in [1.807, 2.05) is 18.2 Å². The maximum Gasteiger partial charge on any atom is 0.224 e. The summed E-state index contributed by atoms with van der Waals surface area (Å²) in [6.45, 7) is 0.500. The standard InChI is InChI=1S/C19H19FN4O2/c1-25-16-8-7-15(11-17(16)26-2)23-18-9-10-21-19(24-18)22-12-13-3-5-14(20)6-4-13/h3-11H,12H2,1-2H3,(H2,21,22,23,24). The third-order valence-corrected chi connectivity index (χ3v) is 3.68. The van der Waals surface area contributed by atoms with Crippen molar-refractivity contribution in [3.63, 3.8) is 0 Å². The number of nitrogens with one attached hydrogen (secondary N) is 2. The van der Waals surface area contributed by atoms with Gasteiger partial charge in [0, 0.05) is 24.5 Å². The van der Waals surface area contributed by atoms with Gasteiger partial charge in [0.25, 0.3) is 0 Å². The van der Waals surface area contributed by atoms with Gasteiger partial charge in [-0.2, -0.15) is 4.98 Å². The van der Waals surface area contributed by atoms with Crippen LogP contribution >= 0.6 is 0 Å². The Morgan fingerprint density at radius 3 is 2.46 bits per heavy atom. The lowest BCUT2D eigenvalue weighted by Gasteiger charge is -2.11. The summed E-state index contributed by atoms with van der Waals surface area (Å²) in [5, 5.41) is 6.32. The monoisotopic (exact) mass is 354 g/mol. The van der Waals surface area contributed by atoms with Gasteiger partial charge in [-0.25, -0.2) is 9.37 Å². The third-order valence-electron chi connectivity index (χ3n) is 3.68. The molecule has 0 aliphatic heterocycles. The van der Waals surface area contributed by atoms with Crippen molar-refractivity contribution in [3.8, 4) is 11.5 Å². The number of halogens is 1. The highest BCUT2D eigenvalue weighted by Crippen LogP contribution is 2.30. The van der Waals surface area contributed by atoms with E-state index in [4.69, 9.17) is 9.47 Å². The van der Waals surface area contributed by atoms with Crippen LogP contribution in [0.5, 0.6) is 11.5 Å². The Bertz CT molecular complexity index is 872. The maximum absolute atomic E-state index is 12.9. The SMILES string of the molecule is COc1ccc(Nc2ccnc(NCc3ccc(F)cc3)n2)cc1OC. The Hall–Kier alpha value is -3.35. The molecule has 1 heterocycles. The van der Waals surface area contributed by atoms with Crippen molar-refractivity contribution < 1.29 is 13.9 Å². The van der Waals surface area contributed by atoms with Crippen LogP contribution in [0, 0.1) is 5.82 Å². The smallest absolute Gasteiger partial charge is 0.224 e. The predicted octanol–water partition coefficient (Wildman–Crippen LogP) is 3.99. The number of methoxy groups -OCH3 is 2. The minimum absolute atomic E-state index is 0.258. The molecule has 0 saturated carbocycles. The lowest BCUT2D eigenvalue weighted by atomic mass is 10.2. The van der Waals surface area contributed by atoms with Crippen molar-refractivity contribution in [2.75, 3.05) is 24.9 Å². The summed E-state index contributed by atoms with van der Waals surface area (Å²) in [5.74, 6) is 2.13. The van der Waals surface area contributed by atoms with Gasteiger partial charge in [0.2, 0.25) is 5.95 Å². The van der Waals surface area contributed by atoms with Crippen LogP contribution < -0.4 is 20.1 Å². The Balaban J connectivity index is 1.68. The Morgan fingerprint density at radius 1 is 0.962 bits per heavy atom. The third kappa shape index (κ3) is 4.38. The summed E-state index contributed by atoms with van der Waals surface area (Å²) in [5.41, 5.74) is 1.75. The Morgan fingerprint density at radius 2 is 1.73 bits per heavy atom. The molecule has 3 aromatic rings. The molecule has 1 aromatic heterocycles. The molecule has 26 heavy (non-hydrogen) atoms. The van der Waals surface area contributed by atoms with Gasteiger partial charge in [0.05, 0.1) is 14.2 Å². The van der Waals surface area contributed by atoms with Crippen LogP contribution in [0.4, 0.5) is 21.8 Å². The molecule has 0 unspecified atom stereocenters. The molecular formula is C19H19FN4O2. The van der Waals surface area contributed by atoms with Gasteiger partial charge in [-0.05, 0) is 35.9 Å². The highest BCUT2D eigenvalue weighted by atomic mass is 19.1. The first-order valence-corrected chi connectivity index (χ1v) is 7.98. The second-order valence-electron chi connectivity index (χ2n) is 5.44. The summed E-state index contributed by atoms with van der Waals surface area (Å²) in [6.07, 6.45) is 1.66. The first-order chi connectivity index (χ1) is 12.7. The largest absolute Gasteiger partial charge is 0.493 e. The molecule has 0 aliphatic carbocycles. The summed E-state index contributed by atoms with van der Waals surface area (Å²) >= 11 is 0. The summed E-state index contributed by atoms with van der Waals surface area (Å²) in [6, 6.07) is 13.6. The van der Waals surface area contributed by atoms with E-state index in [1.165, 1.54) is 12.1 Å². The molecule has 0 spiro atoms. The van der Waals surface area contributed by atoms with E-state index in [1.54, 1.807) is 38.6 Å². The van der Waals surface area contributed by atoms with Crippen molar-refractivity contribution in [2.45, 2.75) is 6.54 Å². The number of benzene rings is 2. The highest BCUT2D eigenvalue weighted by molar-refractivity contribution is 5.61. The van der Waals surface area contributed by atoms with Gasteiger partial charge in [-0.15, -0.1) is 0 Å². The van der Waals surface area contributed by atoms with E-state index in [-0.39, 0.29) is 5.82 Å². The van der Waals surface area contributed by atoms with E-state index in [0.717, 1.165) is 11.3 Å². The first-order valence-electron chi connectivity index (χ1n) is 7.98. The molecule has 2 N–H and O–H groups in total. The minimum atomic E-state index is -0.258. The van der Waals surface area contributed by atoms with Crippen LogP contribution in [0.1, 0.15) is 5.56 Å². The van der Waals surface area contributed by atoms with Crippen molar-refractivity contribution >= 4 is 17.5 Å². The molecule has 134 valence electrons. The molecule has 0 bridgehead atoms. The number of nitrogens with zero attached hydrogens (tertiary/aromatic N) is 2. The molecule has 0 fully saturated rings. The van der Waals surface area contributed by atoms with Crippen LogP contribution in [0.15, 0.2) is 54.7 Å². The zero-order valence-electron chi connectivity index (χ0n) is 14.5. The molecule has 7 heteroatoms. The lowest BCUT2D eigenvalue weighted by molar-refractivity contribution is 0.355. The number of ether oxygens (including phenoxy) is 2. The Kier molecular flexibility index (Phi) is 5.48. The number of anilines is 3. The zero-order valence-corrected chi connectivity index (χ0v) is 14.5. The Labute approximate surface area is 151 Å². The number of aromatic nitrogens is 2. The van der Waals surface area contributed by atoms with E-state index in [2.05, 4.69) is 20.6 Å². The van der Waals surface area contributed by atoms with Crippen molar-refractivity contribution in [1.29, 1.82) is 0 Å². The highest BCUT2D eigenvalue weighted by Gasteiger charge is 2.06. The average Bonchev–Trinajstić information content (AvgIpc) is 2.68. The molecular weight excluding hydrogens is 335 g/mol. The molecule has 3 rings (SSSR count). The average molecular weight is 354 g/mol. The summed E-state index contributed by atoms with van der Waals surface area (Å²) in [7, 11) is 3.18. The van der Waals surface area contributed by atoms with Gasteiger partial charge in [-0.1, -0.05) is 12.1 Å². The van der Waals surface area contributed by atoms with E-state index >= 15 is 0 Å². The zero-order chi connectivity index (χ0) is 18.4. The second kappa shape index (κ2) is 8.15. The van der Waals surface area contributed by atoms with Crippen LogP contribution in [0.25, 0.3) is 0 Å². The molecule has 0 atom stereocenters. The van der Waals surface area contributed by atoms with Crippen LogP contribution in [-0.4, -0.2) is 24.2 Å². The fraction of sp³-hybridized carbons (Fsp3) is 0.158. The van der Waals surface area contributed by atoms with Crippen molar-refractivity contribution in [1.82, 2.24) is 9.97 Å². The van der Waals surface area contributed by atoms with Gasteiger partial charge in [0.1, 0.15) is 11.6 Å². The molecule has 0 aliphatic rings. The topological polar surface area (TPSA) is 68.3 Å². The van der Waals surface area contributed by atoms with Crippen LogP contribution in [-0.2, 0) is 6.54 Å². The first kappa shape index (κ1) is 17.5. The predicted molar refractivity (Wildman–Crippen MR) is 98.6 cm³/mol. The van der Waals surface area contributed by atoms with Gasteiger partial charge >= 0.3 is 0 Å². The second-order valence-corrected chi connectivity index (χ2v) is 5.44. The molecule has 0 saturated heterocycles. The number of rotatable bonds is 7. The lowest BCUT2D eigenvalue weighted by Crippen LogP contribution is -2.05. The molecule has 6 nitrogen and oxygen atoms in total. The number of hydrogen-bond donors (Lipinski definition) is 2. The van der Waals surface area contributed by atoms with Crippen molar-refractivity contribution in [2.24, 2.45) is 0 Å². The summed E-state index contributed by atoms with van der Waals surface area (Å²) < 4.78 is 23.5. The van der Waals surface area contributed by atoms with Crippen molar-refractivity contribution in [3.05, 3.63) is 66.1 Å². The molecule has 0 radical (unpaired) electrons. The quantitative estimate of drug-likeness (QED) is 0.669. The van der Waals surface area contributed by atoms with Crippen LogP contribution in [0.3, 0.4) is 0 Å². The van der Waals surface area contributed by atoms with Gasteiger partial charge in [-0.3, -0.25) is 0 Å². The van der Waals surface area contributed by atoms with Crippen LogP contribution in [0.2, 0.25) is 0 Å². The fourth-order valence-electron chi connectivity index (χ4n) is 2.36. The number of hydrogen-bond acceptors (Lipinski definition) is 6. The molecule has 2 aromatic carbocycles. The normalized spacial score (nSPS) is 10.3.